The molecule has 124 valence electrons. The van der Waals surface area contributed by atoms with Gasteiger partial charge in [0.15, 0.2) is 5.96 Å². The van der Waals surface area contributed by atoms with Crippen LogP contribution in [0.4, 0.5) is 0 Å². The second-order valence-corrected chi connectivity index (χ2v) is 7.94. The molecule has 0 spiro atoms. The van der Waals surface area contributed by atoms with E-state index in [2.05, 4.69) is 10.3 Å². The largest absolute Gasteiger partial charge is 0.370 e. The van der Waals surface area contributed by atoms with Gasteiger partial charge < -0.3 is 11.1 Å². The maximum Gasteiger partial charge on any atom is 0.211 e. The van der Waals surface area contributed by atoms with Crippen LogP contribution < -0.4 is 11.1 Å². The molecular formula is C13H27IN4O2S. The highest BCUT2D eigenvalue weighted by Crippen LogP contribution is 2.20. The van der Waals surface area contributed by atoms with Gasteiger partial charge in [0, 0.05) is 25.7 Å². The van der Waals surface area contributed by atoms with E-state index in [4.69, 9.17) is 5.73 Å². The summed E-state index contributed by atoms with van der Waals surface area (Å²) in [7, 11) is -3.04. The van der Waals surface area contributed by atoms with Crippen molar-refractivity contribution in [1.29, 1.82) is 0 Å². The number of hydrogen-bond donors (Lipinski definition) is 2. The first-order valence-electron chi connectivity index (χ1n) is 7.47. The van der Waals surface area contributed by atoms with Gasteiger partial charge in [-0.25, -0.2) is 12.7 Å². The summed E-state index contributed by atoms with van der Waals surface area (Å²) in [5.74, 6) is 0.986. The molecule has 0 aromatic rings. The van der Waals surface area contributed by atoms with Crippen molar-refractivity contribution in [2.24, 2.45) is 16.6 Å². The normalized spacial score (nSPS) is 23.0. The van der Waals surface area contributed by atoms with Gasteiger partial charge in [0.1, 0.15) is 0 Å². The lowest BCUT2D eigenvalue weighted by Gasteiger charge is -2.29. The number of rotatable bonds is 4. The summed E-state index contributed by atoms with van der Waals surface area (Å²) in [6.45, 7) is 1.91. The van der Waals surface area contributed by atoms with E-state index < -0.39 is 10.0 Å². The Morgan fingerprint density at radius 1 is 1.24 bits per heavy atom. The Kier molecular flexibility index (Phi) is 7.69. The molecule has 0 unspecified atom stereocenters. The minimum absolute atomic E-state index is 0. The highest BCUT2D eigenvalue weighted by molar-refractivity contribution is 14.0. The van der Waals surface area contributed by atoms with Crippen LogP contribution in [-0.4, -0.2) is 50.6 Å². The average molecular weight is 430 g/mol. The van der Waals surface area contributed by atoms with Gasteiger partial charge in [-0.2, -0.15) is 0 Å². The van der Waals surface area contributed by atoms with Crippen LogP contribution in [0.5, 0.6) is 0 Å². The van der Waals surface area contributed by atoms with Crippen LogP contribution in [0.2, 0.25) is 0 Å². The van der Waals surface area contributed by atoms with Gasteiger partial charge in [-0.3, -0.25) is 4.99 Å². The van der Waals surface area contributed by atoms with Crippen LogP contribution in [0, 0.1) is 5.92 Å². The highest BCUT2D eigenvalue weighted by Gasteiger charge is 2.24. The van der Waals surface area contributed by atoms with Gasteiger partial charge in [-0.15, -0.1) is 24.0 Å². The predicted octanol–water partition coefficient (Wildman–Crippen LogP) is 1.12. The number of hydrogen-bond acceptors (Lipinski definition) is 3. The molecule has 0 aromatic heterocycles. The number of guanidine groups is 1. The molecule has 0 amide bonds. The average Bonchev–Trinajstić information content (AvgIpc) is 2.88. The SMILES string of the molecule is CS(=O)(=O)N1CCC(CN=C(N)NC2CCCC2)CC1.I. The van der Waals surface area contributed by atoms with Crippen molar-refractivity contribution >= 4 is 40.0 Å². The molecule has 21 heavy (non-hydrogen) atoms. The maximum atomic E-state index is 11.4. The van der Waals surface area contributed by atoms with E-state index in [1.54, 1.807) is 4.31 Å². The van der Waals surface area contributed by atoms with E-state index in [1.807, 2.05) is 0 Å². The molecule has 6 nitrogen and oxygen atoms in total. The van der Waals surface area contributed by atoms with Crippen molar-refractivity contribution in [3.63, 3.8) is 0 Å². The summed E-state index contributed by atoms with van der Waals surface area (Å²) in [5.41, 5.74) is 5.90. The molecule has 8 heteroatoms. The van der Waals surface area contributed by atoms with Crippen LogP contribution >= 0.6 is 24.0 Å². The van der Waals surface area contributed by atoms with Crippen molar-refractivity contribution in [3.8, 4) is 0 Å². The zero-order chi connectivity index (χ0) is 14.6. The number of nitrogens with two attached hydrogens (primary N) is 1. The molecule has 1 saturated heterocycles. The number of piperidine rings is 1. The van der Waals surface area contributed by atoms with E-state index in [0.717, 1.165) is 12.8 Å². The van der Waals surface area contributed by atoms with Gasteiger partial charge in [0.25, 0.3) is 0 Å². The number of nitrogens with one attached hydrogen (secondary N) is 1. The van der Waals surface area contributed by atoms with Gasteiger partial charge in [-0.05, 0) is 31.6 Å². The third-order valence-electron chi connectivity index (χ3n) is 4.27. The Balaban J connectivity index is 0.00000220. The third kappa shape index (κ3) is 6.27. The van der Waals surface area contributed by atoms with Crippen molar-refractivity contribution in [2.45, 2.75) is 44.6 Å². The van der Waals surface area contributed by atoms with E-state index in [-0.39, 0.29) is 24.0 Å². The lowest BCUT2D eigenvalue weighted by Crippen LogP contribution is -2.40. The van der Waals surface area contributed by atoms with E-state index >= 15 is 0 Å². The molecule has 2 rings (SSSR count). The Bertz CT molecular complexity index is 441. The molecule has 2 fully saturated rings. The standard InChI is InChI=1S/C13H26N4O2S.HI/c1-20(18,19)17-8-6-11(7-9-17)10-15-13(14)16-12-4-2-3-5-12;/h11-12H,2-10H2,1H3,(H3,14,15,16);1H. The summed E-state index contributed by atoms with van der Waals surface area (Å²) in [5, 5.41) is 3.27. The number of sulfonamides is 1. The predicted molar refractivity (Wildman–Crippen MR) is 96.4 cm³/mol. The van der Waals surface area contributed by atoms with Gasteiger partial charge in [0.05, 0.1) is 6.26 Å². The first-order chi connectivity index (χ1) is 9.45. The monoisotopic (exact) mass is 430 g/mol. The Morgan fingerprint density at radius 2 is 1.81 bits per heavy atom. The zero-order valence-electron chi connectivity index (χ0n) is 12.6. The first kappa shape index (κ1) is 19.0. The van der Waals surface area contributed by atoms with Crippen LogP contribution in [0.15, 0.2) is 4.99 Å². The molecule has 1 aliphatic heterocycles. The summed E-state index contributed by atoms with van der Waals surface area (Å²) in [6.07, 6.45) is 7.92. The molecular weight excluding hydrogens is 403 g/mol. The Labute approximate surface area is 145 Å². The zero-order valence-corrected chi connectivity index (χ0v) is 15.8. The Morgan fingerprint density at radius 3 is 2.33 bits per heavy atom. The number of nitrogens with zero attached hydrogens (tertiary/aromatic N) is 2. The first-order valence-corrected chi connectivity index (χ1v) is 9.31. The fraction of sp³-hybridized carbons (Fsp3) is 0.923. The van der Waals surface area contributed by atoms with Crippen molar-refractivity contribution in [1.82, 2.24) is 9.62 Å². The lowest BCUT2D eigenvalue weighted by atomic mass is 9.98. The lowest BCUT2D eigenvalue weighted by molar-refractivity contribution is 0.280. The molecule has 0 bridgehead atoms. The summed E-state index contributed by atoms with van der Waals surface area (Å²) < 4.78 is 24.4. The fourth-order valence-corrected chi connectivity index (χ4v) is 3.85. The van der Waals surface area contributed by atoms with Crippen molar-refractivity contribution in [2.75, 3.05) is 25.9 Å². The minimum Gasteiger partial charge on any atom is -0.370 e. The van der Waals surface area contributed by atoms with E-state index in [0.29, 0.717) is 37.6 Å². The van der Waals surface area contributed by atoms with E-state index in [1.165, 1.54) is 31.9 Å². The quantitative estimate of drug-likeness (QED) is 0.398. The third-order valence-corrected chi connectivity index (χ3v) is 5.57. The summed E-state index contributed by atoms with van der Waals surface area (Å²) in [6, 6.07) is 0.492. The van der Waals surface area contributed by atoms with Crippen LogP contribution in [0.1, 0.15) is 38.5 Å². The topological polar surface area (TPSA) is 87.8 Å². The molecule has 2 aliphatic rings. The highest BCUT2D eigenvalue weighted by atomic mass is 127. The van der Waals surface area contributed by atoms with E-state index in [9.17, 15) is 8.42 Å². The summed E-state index contributed by atoms with van der Waals surface area (Å²) >= 11 is 0. The van der Waals surface area contributed by atoms with Crippen molar-refractivity contribution < 1.29 is 8.42 Å². The molecule has 0 atom stereocenters. The molecule has 1 aliphatic carbocycles. The van der Waals surface area contributed by atoms with Gasteiger partial charge in [-0.1, -0.05) is 12.8 Å². The molecule has 1 saturated carbocycles. The van der Waals surface area contributed by atoms with Crippen molar-refractivity contribution in [3.05, 3.63) is 0 Å². The smallest absolute Gasteiger partial charge is 0.211 e. The van der Waals surface area contributed by atoms with Gasteiger partial charge >= 0.3 is 0 Å². The Hall–Kier alpha value is -0.0900. The second kappa shape index (κ2) is 8.52. The number of halogens is 1. The van der Waals surface area contributed by atoms with Crippen LogP contribution in [-0.2, 0) is 10.0 Å². The molecule has 1 heterocycles. The number of aliphatic imine (C=N–C) groups is 1. The molecule has 3 N–H and O–H groups in total. The second-order valence-electron chi connectivity index (χ2n) is 5.96. The molecule has 0 aromatic carbocycles. The van der Waals surface area contributed by atoms with Crippen LogP contribution in [0.3, 0.4) is 0 Å². The molecule has 0 radical (unpaired) electrons. The summed E-state index contributed by atoms with van der Waals surface area (Å²) in [4.78, 5) is 4.41. The van der Waals surface area contributed by atoms with Gasteiger partial charge in [0.2, 0.25) is 10.0 Å². The van der Waals surface area contributed by atoms with Crippen LogP contribution in [0.25, 0.3) is 0 Å². The fourth-order valence-electron chi connectivity index (χ4n) is 2.98. The maximum absolute atomic E-state index is 11.4. The minimum atomic E-state index is -3.04.